The Bertz CT molecular complexity index is 213. The summed E-state index contributed by atoms with van der Waals surface area (Å²) in [6.07, 6.45) is 4.01. The summed E-state index contributed by atoms with van der Waals surface area (Å²) in [5, 5.41) is 2.99. The van der Waals surface area contributed by atoms with Crippen molar-refractivity contribution in [3.63, 3.8) is 0 Å². The molecule has 0 aromatic heterocycles. The lowest BCUT2D eigenvalue weighted by Crippen LogP contribution is -2.42. The van der Waals surface area contributed by atoms with Crippen LogP contribution in [-0.2, 0) is 4.79 Å². The summed E-state index contributed by atoms with van der Waals surface area (Å²) in [6, 6.07) is 0.0361. The number of unbranched alkanes of at least 4 members (excludes halogenated alkanes) is 1. The second-order valence-corrected chi connectivity index (χ2v) is 5.00. The first-order chi connectivity index (χ1) is 6.47. The van der Waals surface area contributed by atoms with E-state index in [1.54, 1.807) is 0 Å². The van der Waals surface area contributed by atoms with E-state index in [1.807, 2.05) is 0 Å². The third-order valence-electron chi connectivity index (χ3n) is 3.04. The molecule has 0 aliphatic heterocycles. The number of nitrogens with two attached hydrogens (primary N) is 1. The normalized spacial score (nSPS) is 25.6. The zero-order valence-corrected chi connectivity index (χ0v) is 9.47. The number of carbonyl (C=O) groups excluding carboxylic acids is 1. The Morgan fingerprint density at radius 1 is 1.64 bits per heavy atom. The van der Waals surface area contributed by atoms with Gasteiger partial charge < -0.3 is 11.1 Å². The zero-order valence-electron chi connectivity index (χ0n) is 9.47. The van der Waals surface area contributed by atoms with Crippen molar-refractivity contribution in [2.45, 2.75) is 58.5 Å². The van der Waals surface area contributed by atoms with Gasteiger partial charge in [0.25, 0.3) is 0 Å². The highest BCUT2D eigenvalue weighted by molar-refractivity contribution is 5.82. The van der Waals surface area contributed by atoms with E-state index in [2.05, 4.69) is 26.1 Å². The fourth-order valence-corrected chi connectivity index (χ4v) is 1.55. The molecule has 1 saturated carbocycles. The van der Waals surface area contributed by atoms with Crippen LogP contribution in [0.5, 0.6) is 0 Å². The predicted molar refractivity (Wildman–Crippen MR) is 57.8 cm³/mol. The minimum absolute atomic E-state index is 0.0222. The van der Waals surface area contributed by atoms with E-state index >= 15 is 0 Å². The molecule has 1 rings (SSSR count). The van der Waals surface area contributed by atoms with E-state index in [0.29, 0.717) is 11.5 Å². The molecule has 3 heteroatoms. The molecule has 0 aromatic carbocycles. The van der Waals surface area contributed by atoms with E-state index in [1.165, 1.54) is 0 Å². The highest BCUT2D eigenvalue weighted by atomic mass is 16.2. The summed E-state index contributed by atoms with van der Waals surface area (Å²) in [6.45, 7) is 6.43. The molecule has 0 radical (unpaired) electrons. The van der Waals surface area contributed by atoms with Gasteiger partial charge in [0.05, 0.1) is 6.04 Å². The van der Waals surface area contributed by atoms with Crippen molar-refractivity contribution in [3.05, 3.63) is 0 Å². The summed E-state index contributed by atoms with van der Waals surface area (Å²) in [4.78, 5) is 11.6. The molecule has 0 bridgehead atoms. The van der Waals surface area contributed by atoms with Crippen LogP contribution >= 0.6 is 0 Å². The van der Waals surface area contributed by atoms with Crippen LogP contribution < -0.4 is 11.1 Å². The van der Waals surface area contributed by atoms with Crippen LogP contribution in [0, 0.1) is 5.41 Å². The van der Waals surface area contributed by atoms with Gasteiger partial charge >= 0.3 is 0 Å². The quantitative estimate of drug-likeness (QED) is 0.702. The second-order valence-electron chi connectivity index (χ2n) is 5.00. The van der Waals surface area contributed by atoms with Gasteiger partial charge in [-0.3, -0.25) is 4.79 Å². The van der Waals surface area contributed by atoms with E-state index in [-0.39, 0.29) is 11.9 Å². The Morgan fingerprint density at radius 3 is 2.64 bits per heavy atom. The third-order valence-corrected chi connectivity index (χ3v) is 3.04. The Hall–Kier alpha value is -0.570. The Balaban J connectivity index is 2.22. The van der Waals surface area contributed by atoms with Crippen molar-refractivity contribution in [1.82, 2.24) is 5.32 Å². The zero-order chi connectivity index (χ0) is 10.8. The van der Waals surface area contributed by atoms with Crippen molar-refractivity contribution in [2.75, 3.05) is 0 Å². The van der Waals surface area contributed by atoms with Gasteiger partial charge in [-0.05, 0) is 18.3 Å². The molecule has 0 aromatic rings. The van der Waals surface area contributed by atoms with Gasteiger partial charge in [0.2, 0.25) is 5.91 Å². The minimum Gasteiger partial charge on any atom is -0.351 e. The molecule has 1 aliphatic carbocycles. The summed E-state index contributed by atoms with van der Waals surface area (Å²) >= 11 is 0. The molecule has 0 heterocycles. The predicted octanol–water partition coefficient (Wildman–Crippen LogP) is 1.42. The molecule has 0 saturated heterocycles. The fraction of sp³-hybridized carbons (Fsp3) is 0.909. The fourth-order valence-electron chi connectivity index (χ4n) is 1.55. The SMILES string of the molecule is CCCCC(N)C(=O)NC1CC1(C)C. The van der Waals surface area contributed by atoms with Crippen LogP contribution in [0.15, 0.2) is 0 Å². The van der Waals surface area contributed by atoms with E-state index in [9.17, 15) is 4.79 Å². The van der Waals surface area contributed by atoms with E-state index in [0.717, 1.165) is 25.7 Å². The topological polar surface area (TPSA) is 55.1 Å². The first-order valence-corrected chi connectivity index (χ1v) is 5.53. The monoisotopic (exact) mass is 198 g/mol. The first kappa shape index (κ1) is 11.5. The number of carbonyl (C=O) groups is 1. The smallest absolute Gasteiger partial charge is 0.237 e. The van der Waals surface area contributed by atoms with Crippen LogP contribution in [0.1, 0.15) is 46.5 Å². The number of nitrogens with one attached hydrogen (secondary N) is 1. The van der Waals surface area contributed by atoms with Crippen molar-refractivity contribution >= 4 is 5.91 Å². The molecule has 3 nitrogen and oxygen atoms in total. The minimum atomic E-state index is -0.314. The largest absolute Gasteiger partial charge is 0.351 e. The third kappa shape index (κ3) is 2.98. The first-order valence-electron chi connectivity index (χ1n) is 5.53. The average Bonchev–Trinajstić information content (AvgIpc) is 2.69. The maximum Gasteiger partial charge on any atom is 0.237 e. The van der Waals surface area contributed by atoms with Crippen LogP contribution in [0.3, 0.4) is 0 Å². The molecule has 1 aliphatic rings. The standard InChI is InChI=1S/C11H22N2O/c1-4-5-6-8(12)10(14)13-9-7-11(9,2)3/h8-9H,4-7,12H2,1-3H3,(H,13,14). The van der Waals surface area contributed by atoms with Crippen LogP contribution in [0.25, 0.3) is 0 Å². The molecule has 82 valence electrons. The van der Waals surface area contributed by atoms with Crippen LogP contribution in [0.4, 0.5) is 0 Å². The van der Waals surface area contributed by atoms with Gasteiger partial charge in [-0.15, -0.1) is 0 Å². The molecule has 1 fully saturated rings. The lowest BCUT2D eigenvalue weighted by molar-refractivity contribution is -0.122. The average molecular weight is 198 g/mol. The highest BCUT2D eigenvalue weighted by Gasteiger charge is 2.46. The van der Waals surface area contributed by atoms with Crippen molar-refractivity contribution in [3.8, 4) is 0 Å². The van der Waals surface area contributed by atoms with Gasteiger partial charge in [-0.1, -0.05) is 33.6 Å². The van der Waals surface area contributed by atoms with Crippen LogP contribution in [0.2, 0.25) is 0 Å². The summed E-state index contributed by atoms with van der Waals surface area (Å²) in [5.74, 6) is 0.0222. The molecule has 14 heavy (non-hydrogen) atoms. The Labute approximate surface area is 86.4 Å². The van der Waals surface area contributed by atoms with Gasteiger partial charge in [-0.25, -0.2) is 0 Å². The highest BCUT2D eigenvalue weighted by Crippen LogP contribution is 2.44. The summed E-state index contributed by atoms with van der Waals surface area (Å²) in [7, 11) is 0. The summed E-state index contributed by atoms with van der Waals surface area (Å²) < 4.78 is 0. The molecular weight excluding hydrogens is 176 g/mol. The maximum absolute atomic E-state index is 11.6. The maximum atomic E-state index is 11.6. The van der Waals surface area contributed by atoms with E-state index in [4.69, 9.17) is 5.73 Å². The van der Waals surface area contributed by atoms with Gasteiger partial charge in [0, 0.05) is 6.04 Å². The lowest BCUT2D eigenvalue weighted by atomic mass is 10.1. The van der Waals surface area contributed by atoms with Gasteiger partial charge in [0.15, 0.2) is 0 Å². The van der Waals surface area contributed by atoms with Gasteiger partial charge in [-0.2, -0.15) is 0 Å². The Kier molecular flexibility index (Phi) is 3.53. The van der Waals surface area contributed by atoms with Crippen LogP contribution in [-0.4, -0.2) is 18.0 Å². The van der Waals surface area contributed by atoms with Gasteiger partial charge in [0.1, 0.15) is 0 Å². The lowest BCUT2D eigenvalue weighted by Gasteiger charge is -2.12. The Morgan fingerprint density at radius 2 is 2.21 bits per heavy atom. The van der Waals surface area contributed by atoms with Crippen molar-refractivity contribution in [1.29, 1.82) is 0 Å². The summed E-state index contributed by atoms with van der Waals surface area (Å²) in [5.41, 5.74) is 6.05. The second kappa shape index (κ2) is 4.30. The van der Waals surface area contributed by atoms with Crippen molar-refractivity contribution in [2.24, 2.45) is 11.1 Å². The number of hydrogen-bond acceptors (Lipinski definition) is 2. The molecule has 2 unspecified atom stereocenters. The number of rotatable bonds is 5. The molecular formula is C11H22N2O. The molecule has 3 N–H and O–H groups in total. The molecule has 2 atom stereocenters. The molecule has 0 spiro atoms. The van der Waals surface area contributed by atoms with E-state index < -0.39 is 0 Å². The number of hydrogen-bond donors (Lipinski definition) is 2. The molecule has 1 amide bonds. The van der Waals surface area contributed by atoms with Crippen molar-refractivity contribution < 1.29 is 4.79 Å². The number of amides is 1.